The Morgan fingerprint density at radius 1 is 0.976 bits per heavy atom. The number of nitrogens with zero attached hydrogens (tertiary/aromatic N) is 3. The first-order valence-corrected chi connectivity index (χ1v) is 14.2. The van der Waals surface area contributed by atoms with Gasteiger partial charge in [-0.3, -0.25) is 14.6 Å². The highest BCUT2D eigenvalue weighted by atomic mass is 16.5. The van der Waals surface area contributed by atoms with Crippen LogP contribution in [0.1, 0.15) is 64.4 Å². The number of carbonyl (C=O) groups excluding carboxylic acids is 1. The summed E-state index contributed by atoms with van der Waals surface area (Å²) in [6.45, 7) is 5.15. The fourth-order valence-electron chi connectivity index (χ4n) is 7.77. The van der Waals surface area contributed by atoms with E-state index < -0.39 is 18.7 Å². The summed E-state index contributed by atoms with van der Waals surface area (Å²) in [5, 5.41) is 47.1. The monoisotopic (exact) mass is 580 g/mol. The van der Waals surface area contributed by atoms with E-state index >= 15 is 0 Å². The fraction of sp³-hybridized carbons (Fsp3) is 0.548. The van der Waals surface area contributed by atoms with Crippen molar-refractivity contribution in [2.75, 3.05) is 34.9 Å². The van der Waals surface area contributed by atoms with Gasteiger partial charge in [0.15, 0.2) is 11.5 Å². The van der Waals surface area contributed by atoms with Crippen molar-refractivity contribution in [1.82, 2.24) is 15.1 Å². The van der Waals surface area contributed by atoms with E-state index in [2.05, 4.69) is 21.2 Å². The van der Waals surface area contributed by atoms with Crippen LogP contribution in [0.5, 0.6) is 28.7 Å². The number of hydrogen-bond donors (Lipinski definition) is 4. The molecule has 0 spiro atoms. The van der Waals surface area contributed by atoms with Crippen LogP contribution in [0.15, 0.2) is 0 Å². The van der Waals surface area contributed by atoms with Crippen molar-refractivity contribution in [1.29, 1.82) is 5.26 Å². The van der Waals surface area contributed by atoms with Gasteiger partial charge in [-0.05, 0) is 33.7 Å². The maximum absolute atomic E-state index is 12.5. The lowest BCUT2D eigenvalue weighted by Gasteiger charge is -2.60. The Hall–Kier alpha value is -3.72. The van der Waals surface area contributed by atoms with Gasteiger partial charge in [0.05, 0.1) is 46.1 Å². The number of methoxy groups -OCH3 is 3. The lowest BCUT2D eigenvalue weighted by Crippen LogP contribution is -2.68. The zero-order valence-electron chi connectivity index (χ0n) is 25.2. The molecule has 5 atom stereocenters. The summed E-state index contributed by atoms with van der Waals surface area (Å²) in [6.07, 6.45) is 1.11. The van der Waals surface area contributed by atoms with Crippen molar-refractivity contribution in [2.45, 2.75) is 76.8 Å². The topological polar surface area (TPSA) is 148 Å². The number of benzene rings is 2. The number of hydrogen-bond acceptors (Lipinski definition) is 10. The molecule has 0 radical (unpaired) electrons. The molecule has 1 saturated heterocycles. The summed E-state index contributed by atoms with van der Waals surface area (Å²) < 4.78 is 17.4. The summed E-state index contributed by atoms with van der Waals surface area (Å²) in [4.78, 5) is 16.7. The van der Waals surface area contributed by atoms with E-state index in [-0.39, 0.29) is 48.5 Å². The van der Waals surface area contributed by atoms with Crippen LogP contribution in [0.4, 0.5) is 0 Å². The molecule has 2 bridgehead atoms. The number of carbonyl (C=O) groups is 1. The van der Waals surface area contributed by atoms with Crippen molar-refractivity contribution < 1.29 is 34.3 Å². The van der Waals surface area contributed by atoms with Gasteiger partial charge in [0.2, 0.25) is 5.91 Å². The molecule has 2 aromatic carbocycles. The number of aliphatic hydroxyl groups excluding tert-OH is 1. The molecule has 11 nitrogen and oxygen atoms in total. The molecule has 11 heteroatoms. The third-order valence-corrected chi connectivity index (χ3v) is 9.61. The Balaban J connectivity index is 1.82. The van der Waals surface area contributed by atoms with Crippen LogP contribution in [0.2, 0.25) is 0 Å². The number of amides is 1. The average Bonchev–Trinajstić information content (AvgIpc) is 2.97. The van der Waals surface area contributed by atoms with Gasteiger partial charge in [-0.15, -0.1) is 0 Å². The second-order valence-electron chi connectivity index (χ2n) is 11.3. The number of phenolic OH excluding ortho intramolecular Hbond substituents is 1. The van der Waals surface area contributed by atoms with Crippen molar-refractivity contribution in [3.8, 4) is 34.8 Å². The second-order valence-corrected chi connectivity index (χ2v) is 11.3. The van der Waals surface area contributed by atoms with Gasteiger partial charge >= 0.3 is 0 Å². The zero-order valence-corrected chi connectivity index (χ0v) is 25.2. The summed E-state index contributed by atoms with van der Waals surface area (Å²) in [5.41, 5.74) is 4.51. The minimum Gasteiger partial charge on any atom is -0.507 e. The normalized spacial score (nSPS) is 24.6. The third kappa shape index (κ3) is 4.07. The Kier molecular flexibility index (Phi) is 7.91. The molecule has 3 heterocycles. The standard InChI is InChI=1S/C31H40N4O7/c1-8-23(37)33-12-22-24-16(29(40-5)14(2)18(13-36)27(24)38)10-20-26-25-17(9-19(34(26)4)21(11-32)35(20)22)30(41-6)15(3)31(42-7)28(25)39/h19-22,26,36,38-39H,8-10,12-13H2,1-7H3,(H,33,37)/t19-,20+,21+,22+,26-/m1/s1. The van der Waals surface area contributed by atoms with Crippen molar-refractivity contribution in [3.63, 3.8) is 0 Å². The van der Waals surface area contributed by atoms with Gasteiger partial charge in [-0.2, -0.15) is 5.26 Å². The quantitative estimate of drug-likeness (QED) is 0.385. The van der Waals surface area contributed by atoms with Gasteiger partial charge in [-0.1, -0.05) is 6.92 Å². The summed E-state index contributed by atoms with van der Waals surface area (Å²) in [6, 6.07) is 0.298. The Bertz CT molecular complexity index is 1470. The number of nitriles is 1. The fourth-order valence-corrected chi connectivity index (χ4v) is 7.77. The Labute approximate surface area is 246 Å². The molecule has 0 unspecified atom stereocenters. The van der Waals surface area contributed by atoms with Gasteiger partial charge in [0.1, 0.15) is 23.3 Å². The number of phenols is 2. The van der Waals surface area contributed by atoms with Crippen LogP contribution < -0.4 is 19.5 Å². The number of piperazine rings is 1. The molecule has 3 aliphatic heterocycles. The summed E-state index contributed by atoms with van der Waals surface area (Å²) >= 11 is 0. The molecule has 1 fully saturated rings. The van der Waals surface area contributed by atoms with Crippen molar-refractivity contribution >= 4 is 5.91 Å². The number of ether oxygens (including phenoxy) is 3. The molecular weight excluding hydrogens is 540 g/mol. The zero-order chi connectivity index (χ0) is 30.6. The summed E-state index contributed by atoms with van der Waals surface area (Å²) in [5.74, 6) is 1.36. The van der Waals surface area contributed by atoms with E-state index in [0.717, 1.165) is 11.1 Å². The molecule has 0 saturated carbocycles. The maximum atomic E-state index is 12.5. The second kappa shape index (κ2) is 11.2. The molecule has 0 aliphatic carbocycles. The first-order valence-electron chi connectivity index (χ1n) is 14.2. The number of aliphatic hydroxyl groups is 1. The Morgan fingerprint density at radius 2 is 1.57 bits per heavy atom. The van der Waals surface area contributed by atoms with Crippen molar-refractivity contribution in [3.05, 3.63) is 38.9 Å². The van der Waals surface area contributed by atoms with Crippen LogP contribution in [-0.2, 0) is 24.2 Å². The van der Waals surface area contributed by atoms with Crippen LogP contribution in [-0.4, -0.2) is 84.1 Å². The smallest absolute Gasteiger partial charge is 0.219 e. The average molecular weight is 581 g/mol. The van der Waals surface area contributed by atoms with Gasteiger partial charge in [-0.25, -0.2) is 0 Å². The maximum Gasteiger partial charge on any atom is 0.219 e. The Morgan fingerprint density at radius 3 is 2.14 bits per heavy atom. The van der Waals surface area contributed by atoms with Crippen LogP contribution in [0.3, 0.4) is 0 Å². The largest absolute Gasteiger partial charge is 0.507 e. The van der Waals surface area contributed by atoms with Gasteiger partial charge in [0, 0.05) is 64.0 Å². The van der Waals surface area contributed by atoms with E-state index in [1.165, 1.54) is 7.11 Å². The van der Waals surface area contributed by atoms with E-state index in [1.54, 1.807) is 28.1 Å². The lowest BCUT2D eigenvalue weighted by molar-refractivity contribution is -0.121. The number of likely N-dealkylation sites (N-methyl/N-ethyl adjacent to an activating group) is 1. The molecule has 226 valence electrons. The highest BCUT2D eigenvalue weighted by Crippen LogP contribution is 2.58. The number of rotatable bonds is 7. The minimum atomic E-state index is -0.625. The molecule has 0 aromatic heterocycles. The molecule has 1 amide bonds. The van der Waals surface area contributed by atoms with E-state index in [0.29, 0.717) is 57.9 Å². The van der Waals surface area contributed by atoms with E-state index in [1.807, 2.05) is 14.0 Å². The highest BCUT2D eigenvalue weighted by molar-refractivity contribution is 5.75. The molecule has 3 aliphatic rings. The number of fused-ring (bicyclic) bond motifs is 7. The predicted molar refractivity (Wildman–Crippen MR) is 154 cm³/mol. The number of aromatic hydroxyl groups is 2. The van der Waals surface area contributed by atoms with E-state index in [9.17, 15) is 25.4 Å². The van der Waals surface area contributed by atoms with Crippen LogP contribution >= 0.6 is 0 Å². The predicted octanol–water partition coefficient (Wildman–Crippen LogP) is 2.53. The third-order valence-electron chi connectivity index (χ3n) is 9.61. The molecule has 4 N–H and O–H groups in total. The SMILES string of the molecule is CCC(=O)NC[C@H]1c2c(O)c(CO)c(C)c(OC)c2C[C@H]2[C@@H]3c4c(O)c(OC)c(C)c(OC)c4C[C@H]([C@H](C#N)N12)N3C. The first kappa shape index (κ1) is 29.8. The van der Waals surface area contributed by atoms with Gasteiger partial charge < -0.3 is 34.8 Å². The molecular formula is C31H40N4O7. The highest BCUT2D eigenvalue weighted by Gasteiger charge is 2.57. The first-order chi connectivity index (χ1) is 20.1. The molecule has 2 aromatic rings. The van der Waals surface area contributed by atoms with E-state index in [4.69, 9.17) is 14.2 Å². The lowest BCUT2D eigenvalue weighted by atomic mass is 9.71. The summed E-state index contributed by atoms with van der Waals surface area (Å²) in [7, 11) is 6.64. The molecule has 42 heavy (non-hydrogen) atoms. The van der Waals surface area contributed by atoms with Crippen LogP contribution in [0, 0.1) is 25.2 Å². The van der Waals surface area contributed by atoms with Crippen LogP contribution in [0.25, 0.3) is 0 Å². The minimum absolute atomic E-state index is 0.0414. The van der Waals surface area contributed by atoms with Crippen molar-refractivity contribution in [2.24, 2.45) is 0 Å². The van der Waals surface area contributed by atoms with Gasteiger partial charge in [0.25, 0.3) is 0 Å². The molecule has 5 rings (SSSR count). The number of nitrogens with one attached hydrogen (secondary N) is 1.